The van der Waals surface area contributed by atoms with Crippen molar-refractivity contribution >= 4 is 52.7 Å². The molecule has 2 heterocycles. The highest BCUT2D eigenvalue weighted by Gasteiger charge is 2.18. The van der Waals surface area contributed by atoms with Crippen LogP contribution >= 0.6 is 7.14 Å². The molecule has 13 nitrogen and oxygen atoms in total. The molecule has 1 saturated heterocycles. The van der Waals surface area contributed by atoms with Gasteiger partial charge in [-0.1, -0.05) is 63.2 Å². The Bertz CT molecular complexity index is 2300. The Labute approximate surface area is 338 Å². The normalized spacial score (nSPS) is 13.8. The molecule has 0 saturated carbocycles. The lowest BCUT2D eigenvalue weighted by Crippen LogP contribution is -2.38. The third-order valence-corrected chi connectivity index (χ3v) is 10.1. The number of morpholine rings is 1. The summed E-state index contributed by atoms with van der Waals surface area (Å²) in [4.78, 5) is 24.9. The molecule has 1 fully saturated rings. The van der Waals surface area contributed by atoms with Gasteiger partial charge in [-0.05, 0) is 55.3 Å². The number of amides is 2. The van der Waals surface area contributed by atoms with E-state index in [1.165, 1.54) is 0 Å². The van der Waals surface area contributed by atoms with Crippen molar-refractivity contribution in [2.45, 2.75) is 26.9 Å². The monoisotopic (exact) mass is 796 g/mol. The van der Waals surface area contributed by atoms with Crippen molar-refractivity contribution in [3.63, 3.8) is 0 Å². The fourth-order valence-corrected chi connectivity index (χ4v) is 7.11. The lowest BCUT2D eigenvalue weighted by atomic mass is 9.90. The summed E-state index contributed by atoms with van der Waals surface area (Å²) in [6, 6.07) is 27.5. The van der Waals surface area contributed by atoms with Crippen molar-refractivity contribution in [2.75, 3.05) is 68.7 Å². The molecule has 0 radical (unpaired) electrons. The molecular weight excluding hydrogens is 739 g/mol. The van der Waals surface area contributed by atoms with Crippen molar-refractivity contribution in [2.24, 2.45) is 5.41 Å². The smallest absolute Gasteiger partial charge is 0.324 e. The molecule has 1 aliphatic heterocycles. The minimum absolute atomic E-state index is 0. The minimum Gasteiger partial charge on any atom is -0.492 e. The van der Waals surface area contributed by atoms with Crippen LogP contribution in [0.3, 0.4) is 0 Å². The van der Waals surface area contributed by atoms with Gasteiger partial charge in [0.1, 0.15) is 23.9 Å². The number of benzene rings is 4. The lowest BCUT2D eigenvalue weighted by molar-refractivity contribution is 0.0322. The maximum atomic E-state index is 13.6. The summed E-state index contributed by atoms with van der Waals surface area (Å²) in [5.41, 5.74) is 2.80. The predicted octanol–water partition coefficient (Wildman–Crippen LogP) is 9.88. The second-order valence-corrected chi connectivity index (χ2v) is 18.8. The zero-order valence-corrected chi connectivity index (χ0v) is 34.0. The zero-order valence-electron chi connectivity index (χ0n) is 33.1. The number of fused-ring (bicyclic) bond motifs is 1. The molecule has 6 rings (SSSR count). The molecule has 0 aliphatic carbocycles. The average Bonchev–Trinajstić information content (AvgIpc) is 3.16. The summed E-state index contributed by atoms with van der Waals surface area (Å²) in [5, 5.41) is 22.5. The number of carbonyl (C=O) groups excluding carboxylic acids is 1. The molecule has 0 spiro atoms. The number of aromatic nitrogens is 2. The van der Waals surface area contributed by atoms with Crippen LogP contribution in [0, 0.1) is 10.8 Å². The summed E-state index contributed by atoms with van der Waals surface area (Å²) in [6.45, 7) is 14.1. The van der Waals surface area contributed by atoms with E-state index in [-0.39, 0.29) is 4.28 Å². The van der Waals surface area contributed by atoms with Crippen molar-refractivity contribution in [1.29, 1.82) is 5.41 Å². The molecular formula is C43H57N8O5P. The van der Waals surface area contributed by atoms with Gasteiger partial charge in [0.15, 0.2) is 0 Å². The summed E-state index contributed by atoms with van der Waals surface area (Å²) in [5.74, 6) is 2.30. The summed E-state index contributed by atoms with van der Waals surface area (Å²) >= 11 is 0. The molecule has 0 unspecified atom stereocenters. The van der Waals surface area contributed by atoms with Gasteiger partial charge in [-0.3, -0.25) is 10.2 Å². The summed E-state index contributed by atoms with van der Waals surface area (Å²) in [7, 11) is -2.30. The Morgan fingerprint density at radius 1 is 0.947 bits per heavy atom. The number of allylic oxidation sites excluding steroid dienone is 1. The molecule has 1 aliphatic rings. The third kappa shape index (κ3) is 12.4. The van der Waals surface area contributed by atoms with Crippen LogP contribution in [0.15, 0.2) is 109 Å². The van der Waals surface area contributed by atoms with Gasteiger partial charge in [-0.25, -0.2) is 9.78 Å². The Kier molecular flexibility index (Phi) is 13.2. The van der Waals surface area contributed by atoms with Crippen LogP contribution in [0.1, 0.15) is 30.6 Å². The fourth-order valence-electron chi connectivity index (χ4n) is 6.03. The van der Waals surface area contributed by atoms with Crippen molar-refractivity contribution in [3.8, 4) is 17.4 Å². The second kappa shape index (κ2) is 18.5. The Hall–Kier alpha value is -5.75. The van der Waals surface area contributed by atoms with Crippen LogP contribution in [0.4, 0.5) is 27.8 Å². The Balaban J connectivity index is 0.00000320. The molecule has 0 atom stereocenters. The molecule has 0 bridgehead atoms. The number of hydrogen-bond donors (Lipinski definition) is 5. The van der Waals surface area contributed by atoms with E-state index >= 15 is 0 Å². The third-order valence-electron chi connectivity index (χ3n) is 8.96. The quantitative estimate of drug-likeness (QED) is 0.0509. The van der Waals surface area contributed by atoms with Crippen LogP contribution in [-0.2, 0) is 15.5 Å². The molecule has 14 heteroatoms. The molecule has 2 amide bonds. The van der Waals surface area contributed by atoms with Gasteiger partial charge in [0.05, 0.1) is 26.0 Å². The number of nitrogens with zero attached hydrogens (tertiary/aromatic N) is 3. The van der Waals surface area contributed by atoms with Crippen LogP contribution in [0.25, 0.3) is 10.8 Å². The zero-order chi connectivity index (χ0) is 40.4. The number of rotatable bonds is 15. The number of hydrogen-bond acceptors (Lipinski definition) is 11. The first-order chi connectivity index (χ1) is 27.3. The second-order valence-electron chi connectivity index (χ2n) is 15.3. The van der Waals surface area contributed by atoms with E-state index in [1.54, 1.807) is 43.8 Å². The van der Waals surface area contributed by atoms with Crippen LogP contribution in [0.5, 0.6) is 17.4 Å². The van der Waals surface area contributed by atoms with Gasteiger partial charge in [0.25, 0.3) is 0 Å². The topological polar surface area (TPSA) is 163 Å². The van der Waals surface area contributed by atoms with E-state index in [0.29, 0.717) is 53.3 Å². The number of ether oxygens (including phenoxy) is 3. The highest BCUT2D eigenvalue weighted by atomic mass is 31.2. The Morgan fingerprint density at radius 2 is 1.70 bits per heavy atom. The first kappa shape index (κ1) is 40.9. The maximum Gasteiger partial charge on any atom is 0.324 e. The standard InChI is InChI=1S/C43H51N8O5P.3H2/c1-43(2,3)38(44)28-39(46-31-11-8-10-30(26-31)29-57(4,5)53)49-42(52)48-36-16-17-37(35-15-7-6-14-34(35)36)56-40-18-19-45-41(50-40)47-32-12-9-13-33(27-32)55-25-22-51-20-23-54-24-21-51;;;/h6-19,26-28,44,46H,20-25,29H2,1-5H3,(H,45,47,50)(H2,48,49,52);3*1H/b39-28+,44-38?;;;. The lowest BCUT2D eigenvalue weighted by Gasteiger charge is -2.26. The highest BCUT2D eigenvalue weighted by molar-refractivity contribution is 7.61. The van der Waals surface area contributed by atoms with E-state index in [9.17, 15) is 9.36 Å². The fraction of sp³-hybridized carbons (Fsp3) is 0.302. The average molecular weight is 797 g/mol. The van der Waals surface area contributed by atoms with E-state index in [2.05, 4.69) is 36.1 Å². The SMILES string of the molecule is CC(C)(C)C(=N)/C=C(/NC(=O)Nc1ccc(Oc2ccnc(Nc3cccc(OCCN4CCOCC4)c3)n2)c2ccccc12)Nc1cccc(CP(C)(C)=O)c1.[HH].[HH].[HH]. The number of carbonyl (C=O) groups is 1. The molecule has 1 aromatic heterocycles. The first-order valence-electron chi connectivity index (χ1n) is 18.9. The molecule has 4 aromatic carbocycles. The van der Waals surface area contributed by atoms with Crippen molar-refractivity contribution < 1.29 is 27.9 Å². The van der Waals surface area contributed by atoms with Gasteiger partial charge in [0, 0.05) is 87.8 Å². The molecule has 57 heavy (non-hydrogen) atoms. The molecule has 5 N–H and O–H groups in total. The van der Waals surface area contributed by atoms with Crippen molar-refractivity contribution in [3.05, 3.63) is 115 Å². The molecule has 304 valence electrons. The van der Waals surface area contributed by atoms with E-state index < -0.39 is 18.6 Å². The number of nitrogens with one attached hydrogen (secondary N) is 5. The van der Waals surface area contributed by atoms with E-state index in [4.69, 9.17) is 19.6 Å². The van der Waals surface area contributed by atoms with Gasteiger partial charge in [-0.15, -0.1) is 0 Å². The first-order valence-corrected chi connectivity index (χ1v) is 21.7. The summed E-state index contributed by atoms with van der Waals surface area (Å²) < 4.78 is 30.2. The summed E-state index contributed by atoms with van der Waals surface area (Å²) in [6.07, 6.45) is 3.68. The van der Waals surface area contributed by atoms with Crippen LogP contribution in [-0.4, -0.2) is 79.4 Å². The van der Waals surface area contributed by atoms with E-state index in [0.717, 1.165) is 60.6 Å². The van der Waals surface area contributed by atoms with Crippen LogP contribution in [0.2, 0.25) is 0 Å². The number of urea groups is 1. The van der Waals surface area contributed by atoms with Crippen molar-refractivity contribution in [1.82, 2.24) is 20.2 Å². The van der Waals surface area contributed by atoms with Gasteiger partial charge in [-0.2, -0.15) is 4.98 Å². The van der Waals surface area contributed by atoms with E-state index in [1.807, 2.05) is 93.6 Å². The van der Waals surface area contributed by atoms with Gasteiger partial charge >= 0.3 is 6.03 Å². The highest BCUT2D eigenvalue weighted by Crippen LogP contribution is 2.40. The predicted molar refractivity (Wildman–Crippen MR) is 236 cm³/mol. The Morgan fingerprint density at radius 3 is 2.47 bits per heavy atom. The molecule has 5 aromatic rings. The van der Waals surface area contributed by atoms with Crippen LogP contribution < -0.4 is 30.7 Å². The number of anilines is 4. The van der Waals surface area contributed by atoms with Gasteiger partial charge in [0.2, 0.25) is 11.8 Å². The van der Waals surface area contributed by atoms with Gasteiger partial charge < -0.3 is 40.1 Å². The minimum atomic E-state index is -2.30. The maximum absolute atomic E-state index is 13.6. The largest absolute Gasteiger partial charge is 0.492 e.